The van der Waals surface area contributed by atoms with Crippen molar-refractivity contribution in [3.63, 3.8) is 0 Å². The van der Waals surface area contributed by atoms with Crippen LogP contribution in [0.15, 0.2) is 51.8 Å². The largest absolute Gasteiger partial charge is 0.441 e. The molecule has 0 N–H and O–H groups in total. The highest BCUT2D eigenvalue weighted by Gasteiger charge is 2.22. The number of oxazole rings is 1. The number of nitrogens with zero attached hydrogens (tertiary/aromatic N) is 3. The van der Waals surface area contributed by atoms with Gasteiger partial charge in [0.05, 0.1) is 11.4 Å². The number of rotatable bonds is 7. The molecule has 2 aromatic carbocycles. The van der Waals surface area contributed by atoms with E-state index in [4.69, 9.17) is 4.42 Å². The highest BCUT2D eigenvalue weighted by Crippen LogP contribution is 2.27. The summed E-state index contributed by atoms with van der Waals surface area (Å²) < 4.78 is 5.89. The number of hydrogen-bond acceptors (Lipinski definition) is 6. The number of aryl methyl sites for hydroxylation is 3. The number of amides is 1. The molecule has 1 fully saturated rings. The van der Waals surface area contributed by atoms with Crippen molar-refractivity contribution in [2.24, 2.45) is 0 Å². The van der Waals surface area contributed by atoms with E-state index >= 15 is 0 Å². The highest BCUT2D eigenvalue weighted by molar-refractivity contribution is 7.99. The van der Waals surface area contributed by atoms with Gasteiger partial charge in [0.15, 0.2) is 0 Å². The molecule has 0 bridgehead atoms. The number of benzene rings is 2. The normalized spacial score (nSPS) is 14.1. The minimum atomic E-state index is 0.203. The van der Waals surface area contributed by atoms with Gasteiger partial charge in [-0.2, -0.15) is 0 Å². The van der Waals surface area contributed by atoms with Crippen molar-refractivity contribution < 1.29 is 9.21 Å². The first-order valence-electron chi connectivity index (χ1n) is 11.2. The predicted molar refractivity (Wildman–Crippen MR) is 139 cm³/mol. The summed E-state index contributed by atoms with van der Waals surface area (Å²) in [5, 5.41) is 0. The molecule has 0 saturated carbocycles. The van der Waals surface area contributed by atoms with Gasteiger partial charge in [-0.05, 0) is 68.5 Å². The maximum absolute atomic E-state index is 12.8. The third-order valence-electron chi connectivity index (χ3n) is 6.03. The fourth-order valence-electron chi connectivity index (χ4n) is 4.00. The fourth-order valence-corrected chi connectivity index (χ4v) is 5.33. The van der Waals surface area contributed by atoms with Crippen LogP contribution < -0.4 is 4.90 Å². The van der Waals surface area contributed by atoms with Crippen LogP contribution in [-0.4, -0.2) is 54.0 Å². The molecule has 0 aliphatic carbocycles. The van der Waals surface area contributed by atoms with Gasteiger partial charge in [0.25, 0.3) is 0 Å². The molecule has 4 rings (SSSR count). The molecule has 0 spiro atoms. The number of piperazine rings is 1. The number of aromatic nitrogens is 1. The zero-order valence-electron chi connectivity index (χ0n) is 19.8. The number of carbonyl (C=O) groups is 1. The Hall–Kier alpha value is -2.38. The zero-order chi connectivity index (χ0) is 23.4. The first kappa shape index (κ1) is 23.8. The minimum absolute atomic E-state index is 0.203. The molecule has 1 saturated heterocycles. The minimum Gasteiger partial charge on any atom is -0.441 e. The Bertz CT molecular complexity index is 1100. The molecule has 1 amide bonds. The molecule has 0 radical (unpaired) electrons. The number of anilines is 1. The van der Waals surface area contributed by atoms with E-state index in [0.29, 0.717) is 17.4 Å². The molecular weight excluding hydrogens is 450 g/mol. The molecule has 3 aromatic rings. The second-order valence-electron chi connectivity index (χ2n) is 8.40. The summed E-state index contributed by atoms with van der Waals surface area (Å²) in [6.07, 6.45) is 2.06. The zero-order valence-corrected chi connectivity index (χ0v) is 21.4. The maximum atomic E-state index is 12.8. The number of thioether (sulfide) groups is 2. The van der Waals surface area contributed by atoms with Gasteiger partial charge < -0.3 is 14.2 Å². The Morgan fingerprint density at radius 3 is 2.45 bits per heavy atom. The maximum Gasteiger partial charge on any atom is 0.232 e. The van der Waals surface area contributed by atoms with Gasteiger partial charge in [-0.25, -0.2) is 4.98 Å². The van der Waals surface area contributed by atoms with Crippen molar-refractivity contribution in [1.29, 1.82) is 0 Å². The van der Waals surface area contributed by atoms with E-state index in [9.17, 15) is 4.79 Å². The van der Waals surface area contributed by atoms with Gasteiger partial charge in [0.1, 0.15) is 5.76 Å². The standard InChI is InChI=1S/C26H31N3O2S2/c1-18-5-6-19(2)24(15-18)28-11-13-29(14-12-28)25(30)17-33-16-23-20(3)31-26(27-23)21-7-9-22(32-4)10-8-21/h5-10,15H,11-14,16-17H2,1-4H3. The number of carbonyl (C=O) groups excluding carboxylic acids is 1. The van der Waals surface area contributed by atoms with Gasteiger partial charge in [0.2, 0.25) is 11.8 Å². The smallest absolute Gasteiger partial charge is 0.232 e. The molecule has 0 unspecified atom stereocenters. The second kappa shape index (κ2) is 10.7. The van der Waals surface area contributed by atoms with Crippen molar-refractivity contribution in [2.45, 2.75) is 31.4 Å². The highest BCUT2D eigenvalue weighted by atomic mass is 32.2. The lowest BCUT2D eigenvalue weighted by Gasteiger charge is -2.37. The quantitative estimate of drug-likeness (QED) is 0.411. The molecule has 33 heavy (non-hydrogen) atoms. The van der Waals surface area contributed by atoms with Crippen molar-refractivity contribution in [1.82, 2.24) is 9.88 Å². The van der Waals surface area contributed by atoms with Gasteiger partial charge >= 0.3 is 0 Å². The molecule has 1 aromatic heterocycles. The molecule has 5 nitrogen and oxygen atoms in total. The summed E-state index contributed by atoms with van der Waals surface area (Å²) in [4.78, 5) is 23.0. The lowest BCUT2D eigenvalue weighted by atomic mass is 10.1. The predicted octanol–water partition coefficient (Wildman–Crippen LogP) is 5.57. The average molecular weight is 482 g/mol. The molecule has 0 atom stereocenters. The van der Waals surface area contributed by atoms with Crippen molar-refractivity contribution in [2.75, 3.05) is 43.1 Å². The molecule has 1 aliphatic heterocycles. The SMILES string of the molecule is CSc1ccc(-c2nc(CSCC(=O)N3CCN(c4cc(C)ccc4C)CC3)c(C)o2)cc1. The molecule has 174 valence electrons. The average Bonchev–Trinajstić information content (AvgIpc) is 3.21. The van der Waals surface area contributed by atoms with Crippen LogP contribution >= 0.6 is 23.5 Å². The van der Waals surface area contributed by atoms with Crippen LogP contribution in [-0.2, 0) is 10.5 Å². The lowest BCUT2D eigenvalue weighted by Crippen LogP contribution is -2.49. The fraction of sp³-hybridized carbons (Fsp3) is 0.385. The van der Waals surface area contributed by atoms with E-state index in [1.165, 1.54) is 21.7 Å². The first-order chi connectivity index (χ1) is 15.9. The van der Waals surface area contributed by atoms with Crippen LogP contribution in [0.4, 0.5) is 5.69 Å². The van der Waals surface area contributed by atoms with E-state index in [-0.39, 0.29) is 5.91 Å². The summed E-state index contributed by atoms with van der Waals surface area (Å²) in [6, 6.07) is 14.8. The Morgan fingerprint density at radius 2 is 1.76 bits per heavy atom. The van der Waals surface area contributed by atoms with Crippen LogP contribution in [0.1, 0.15) is 22.6 Å². The van der Waals surface area contributed by atoms with E-state index in [0.717, 1.165) is 43.2 Å². The van der Waals surface area contributed by atoms with Crippen molar-refractivity contribution in [3.05, 3.63) is 65.0 Å². The molecular formula is C26H31N3O2S2. The van der Waals surface area contributed by atoms with E-state index in [2.05, 4.69) is 60.3 Å². The summed E-state index contributed by atoms with van der Waals surface area (Å²) in [5.41, 5.74) is 5.74. The lowest BCUT2D eigenvalue weighted by molar-refractivity contribution is -0.128. The number of hydrogen-bond donors (Lipinski definition) is 0. The summed E-state index contributed by atoms with van der Waals surface area (Å²) in [7, 11) is 0. The van der Waals surface area contributed by atoms with Crippen LogP contribution in [0.5, 0.6) is 0 Å². The third-order valence-corrected chi connectivity index (χ3v) is 7.70. The van der Waals surface area contributed by atoms with Crippen molar-refractivity contribution in [3.8, 4) is 11.5 Å². The van der Waals surface area contributed by atoms with Gasteiger partial charge in [-0.1, -0.05) is 12.1 Å². The summed E-state index contributed by atoms with van der Waals surface area (Å²) in [5.74, 6) is 2.81. The third kappa shape index (κ3) is 5.76. The molecule has 7 heteroatoms. The van der Waals surface area contributed by atoms with Crippen LogP contribution in [0.3, 0.4) is 0 Å². The van der Waals surface area contributed by atoms with Crippen molar-refractivity contribution >= 4 is 35.1 Å². The Kier molecular flexibility index (Phi) is 7.71. The Morgan fingerprint density at radius 1 is 1.03 bits per heavy atom. The van der Waals surface area contributed by atoms with Crippen LogP contribution in [0, 0.1) is 20.8 Å². The van der Waals surface area contributed by atoms with Gasteiger partial charge in [0, 0.05) is 48.1 Å². The molecule has 1 aliphatic rings. The van der Waals surface area contributed by atoms with Gasteiger partial charge in [-0.15, -0.1) is 23.5 Å². The summed E-state index contributed by atoms with van der Waals surface area (Å²) >= 11 is 3.32. The van der Waals surface area contributed by atoms with E-state index in [1.807, 2.05) is 24.0 Å². The summed E-state index contributed by atoms with van der Waals surface area (Å²) in [6.45, 7) is 9.51. The monoisotopic (exact) mass is 481 g/mol. The second-order valence-corrected chi connectivity index (χ2v) is 10.3. The van der Waals surface area contributed by atoms with E-state index in [1.54, 1.807) is 23.5 Å². The first-order valence-corrected chi connectivity index (χ1v) is 13.6. The molecule has 2 heterocycles. The Labute approximate surface area is 204 Å². The van der Waals surface area contributed by atoms with Crippen LogP contribution in [0.25, 0.3) is 11.5 Å². The van der Waals surface area contributed by atoms with Gasteiger partial charge in [-0.3, -0.25) is 4.79 Å². The van der Waals surface area contributed by atoms with E-state index < -0.39 is 0 Å². The van der Waals surface area contributed by atoms with Crippen LogP contribution in [0.2, 0.25) is 0 Å². The Balaban J connectivity index is 1.27. The topological polar surface area (TPSA) is 49.6 Å².